The maximum absolute atomic E-state index is 9.99. The van der Waals surface area contributed by atoms with E-state index in [1.807, 2.05) is 6.92 Å². The van der Waals surface area contributed by atoms with Crippen LogP contribution >= 0.6 is 0 Å². The first kappa shape index (κ1) is 14.9. The molecular formula is C13H23NO5. The Bertz CT molecular complexity index is 325. The van der Waals surface area contributed by atoms with Gasteiger partial charge in [-0.05, 0) is 18.9 Å². The predicted octanol–water partition coefficient (Wildman–Crippen LogP) is -1.47. The quantitative estimate of drug-likeness (QED) is 0.402. The van der Waals surface area contributed by atoms with Crippen LogP contribution in [-0.4, -0.2) is 70.1 Å². The van der Waals surface area contributed by atoms with Crippen molar-refractivity contribution in [2.24, 2.45) is 0 Å². The first-order valence-corrected chi connectivity index (χ1v) is 6.76. The Morgan fingerprint density at radius 2 is 2.05 bits per heavy atom. The van der Waals surface area contributed by atoms with Crippen LogP contribution in [0.15, 0.2) is 11.6 Å². The van der Waals surface area contributed by atoms with Crippen LogP contribution < -0.4 is 5.32 Å². The summed E-state index contributed by atoms with van der Waals surface area (Å²) >= 11 is 0. The van der Waals surface area contributed by atoms with Crippen molar-refractivity contribution in [3.63, 3.8) is 0 Å². The molecule has 6 atom stereocenters. The highest BCUT2D eigenvalue weighted by atomic mass is 16.5. The van der Waals surface area contributed by atoms with Gasteiger partial charge >= 0.3 is 0 Å². The zero-order chi connectivity index (χ0) is 14.0. The van der Waals surface area contributed by atoms with Gasteiger partial charge in [-0.25, -0.2) is 0 Å². The average molecular weight is 273 g/mol. The molecule has 0 aromatic carbocycles. The Hall–Kier alpha value is -0.500. The van der Waals surface area contributed by atoms with Crippen LogP contribution in [-0.2, 0) is 4.74 Å². The van der Waals surface area contributed by atoms with E-state index in [9.17, 15) is 15.3 Å². The fourth-order valence-corrected chi connectivity index (χ4v) is 2.74. The molecule has 0 bridgehead atoms. The van der Waals surface area contributed by atoms with Crippen molar-refractivity contribution in [3.8, 4) is 0 Å². The van der Waals surface area contributed by atoms with Gasteiger partial charge in [-0.2, -0.15) is 0 Å². The van der Waals surface area contributed by atoms with Crippen molar-refractivity contribution in [2.75, 3.05) is 13.2 Å². The molecule has 0 spiro atoms. The van der Waals surface area contributed by atoms with E-state index in [0.29, 0.717) is 18.6 Å². The summed E-state index contributed by atoms with van der Waals surface area (Å²) < 4.78 is 5.49. The van der Waals surface area contributed by atoms with Crippen LogP contribution in [0.3, 0.4) is 0 Å². The third kappa shape index (κ3) is 3.34. The second-order valence-corrected chi connectivity index (χ2v) is 5.37. The smallest absolute Gasteiger partial charge is 0.0798 e. The molecule has 6 heteroatoms. The normalized spacial score (nSPS) is 43.9. The van der Waals surface area contributed by atoms with Crippen molar-refractivity contribution >= 4 is 0 Å². The summed E-state index contributed by atoms with van der Waals surface area (Å²) in [6.45, 7) is 2.18. The van der Waals surface area contributed by atoms with Crippen LogP contribution in [0.2, 0.25) is 0 Å². The van der Waals surface area contributed by atoms with Gasteiger partial charge in [0.15, 0.2) is 0 Å². The second-order valence-electron chi connectivity index (χ2n) is 5.37. The van der Waals surface area contributed by atoms with E-state index in [1.165, 1.54) is 0 Å². The summed E-state index contributed by atoms with van der Waals surface area (Å²) in [7, 11) is 0. The maximum Gasteiger partial charge on any atom is 0.0798 e. The predicted molar refractivity (Wildman–Crippen MR) is 68.5 cm³/mol. The third-order valence-corrected chi connectivity index (χ3v) is 3.98. The van der Waals surface area contributed by atoms with Crippen molar-refractivity contribution in [2.45, 2.75) is 56.3 Å². The third-order valence-electron chi connectivity index (χ3n) is 3.98. The van der Waals surface area contributed by atoms with E-state index in [0.717, 1.165) is 0 Å². The van der Waals surface area contributed by atoms with Gasteiger partial charge in [0, 0.05) is 13.0 Å². The molecule has 1 heterocycles. The van der Waals surface area contributed by atoms with Crippen LogP contribution in [0.5, 0.6) is 0 Å². The number of hydrogen-bond acceptors (Lipinski definition) is 6. The number of nitrogens with one attached hydrogen (secondary N) is 1. The highest BCUT2D eigenvalue weighted by molar-refractivity contribution is 5.19. The van der Waals surface area contributed by atoms with Gasteiger partial charge in [0.25, 0.3) is 0 Å². The molecule has 6 nitrogen and oxygen atoms in total. The number of aliphatic hydroxyl groups is 4. The van der Waals surface area contributed by atoms with Crippen LogP contribution in [0.4, 0.5) is 0 Å². The van der Waals surface area contributed by atoms with Gasteiger partial charge in [-0.1, -0.05) is 6.08 Å². The highest BCUT2D eigenvalue weighted by Gasteiger charge is 2.35. The zero-order valence-electron chi connectivity index (χ0n) is 11.1. The van der Waals surface area contributed by atoms with Gasteiger partial charge in [-0.15, -0.1) is 0 Å². The molecular weight excluding hydrogens is 250 g/mol. The molecule has 2 rings (SSSR count). The van der Waals surface area contributed by atoms with Crippen LogP contribution in [0, 0.1) is 0 Å². The van der Waals surface area contributed by atoms with Crippen LogP contribution in [0.1, 0.15) is 19.8 Å². The van der Waals surface area contributed by atoms with Gasteiger partial charge in [-0.3, -0.25) is 0 Å². The minimum atomic E-state index is -0.803. The lowest BCUT2D eigenvalue weighted by Gasteiger charge is -2.39. The Kier molecular flexibility index (Phi) is 4.94. The summed E-state index contributed by atoms with van der Waals surface area (Å²) in [5.74, 6) is 0. The molecule has 0 unspecified atom stereocenters. The molecule has 1 saturated heterocycles. The van der Waals surface area contributed by atoms with Gasteiger partial charge in [0.1, 0.15) is 0 Å². The van der Waals surface area contributed by atoms with E-state index in [2.05, 4.69) is 5.32 Å². The minimum absolute atomic E-state index is 0.145. The molecule has 0 amide bonds. The SMILES string of the molecule is C[C@H]1OCC[C@@H](O)[C@@H]1N[C@H]1C=C(CO)[C@@H](O)C[C@H]1O. The standard InChI is InChI=1S/C13H23NO5/c1-7-13(10(16)2-3-19-7)14-9-4-8(6-15)11(17)5-12(9)18/h4,7,9-18H,2-3,5-6H2,1H3/t7-,9+,10-,11+,12-,13-/m1/s1. The molecule has 19 heavy (non-hydrogen) atoms. The largest absolute Gasteiger partial charge is 0.392 e. The number of ether oxygens (including phenoxy) is 1. The molecule has 5 N–H and O–H groups in total. The summed E-state index contributed by atoms with van der Waals surface area (Å²) in [4.78, 5) is 0. The summed E-state index contributed by atoms with van der Waals surface area (Å²) in [6, 6.07) is -0.658. The Morgan fingerprint density at radius 1 is 1.32 bits per heavy atom. The van der Waals surface area contributed by atoms with Gasteiger partial charge < -0.3 is 30.5 Å². The molecule has 0 aromatic heterocycles. The van der Waals surface area contributed by atoms with Crippen molar-refractivity contribution < 1.29 is 25.2 Å². The number of rotatable bonds is 3. The minimum Gasteiger partial charge on any atom is -0.392 e. The molecule has 0 saturated carbocycles. The van der Waals surface area contributed by atoms with Crippen molar-refractivity contribution in [1.82, 2.24) is 5.32 Å². The number of aliphatic hydroxyl groups excluding tert-OH is 4. The summed E-state index contributed by atoms with van der Waals surface area (Å²) in [5, 5.41) is 42.0. The number of hydrogen-bond donors (Lipinski definition) is 5. The fraction of sp³-hybridized carbons (Fsp3) is 0.846. The van der Waals surface area contributed by atoms with Crippen LogP contribution in [0.25, 0.3) is 0 Å². The molecule has 1 aliphatic carbocycles. The summed E-state index contributed by atoms with van der Waals surface area (Å²) in [6.07, 6.45) is 0.177. The van der Waals surface area contributed by atoms with Crippen molar-refractivity contribution in [3.05, 3.63) is 11.6 Å². The zero-order valence-corrected chi connectivity index (χ0v) is 11.1. The Labute approximate surface area is 112 Å². The van der Waals surface area contributed by atoms with E-state index in [4.69, 9.17) is 9.84 Å². The molecule has 0 radical (unpaired) electrons. The molecule has 1 aliphatic heterocycles. The average Bonchev–Trinajstić information content (AvgIpc) is 2.36. The highest BCUT2D eigenvalue weighted by Crippen LogP contribution is 2.22. The first-order chi connectivity index (χ1) is 9.02. The topological polar surface area (TPSA) is 102 Å². The lowest BCUT2D eigenvalue weighted by atomic mass is 9.89. The van der Waals surface area contributed by atoms with Gasteiger partial charge in [0.05, 0.1) is 43.1 Å². The van der Waals surface area contributed by atoms with E-state index >= 15 is 0 Å². The Morgan fingerprint density at radius 3 is 2.68 bits per heavy atom. The van der Waals surface area contributed by atoms with Gasteiger partial charge in [0.2, 0.25) is 0 Å². The molecule has 110 valence electrons. The fourth-order valence-electron chi connectivity index (χ4n) is 2.74. The van der Waals surface area contributed by atoms with Crippen molar-refractivity contribution in [1.29, 1.82) is 0 Å². The molecule has 2 aliphatic rings. The van der Waals surface area contributed by atoms with E-state index in [1.54, 1.807) is 6.08 Å². The molecule has 0 aromatic rings. The van der Waals surface area contributed by atoms with E-state index < -0.39 is 24.4 Å². The maximum atomic E-state index is 9.99. The summed E-state index contributed by atoms with van der Waals surface area (Å²) in [5.41, 5.74) is 0.502. The first-order valence-electron chi connectivity index (χ1n) is 6.76. The lowest BCUT2D eigenvalue weighted by molar-refractivity contribution is -0.0692. The Balaban J connectivity index is 2.06. The second kappa shape index (κ2) is 6.30. The van der Waals surface area contributed by atoms with E-state index in [-0.39, 0.29) is 25.2 Å². The lowest BCUT2D eigenvalue weighted by Crippen LogP contribution is -2.58. The monoisotopic (exact) mass is 273 g/mol. The molecule has 1 fully saturated rings.